The summed E-state index contributed by atoms with van der Waals surface area (Å²) < 4.78 is 28.3. The van der Waals surface area contributed by atoms with Gasteiger partial charge in [0.15, 0.2) is 5.82 Å². The Hall–Kier alpha value is -3.16. The van der Waals surface area contributed by atoms with Crippen molar-refractivity contribution in [2.24, 2.45) is 0 Å². The summed E-state index contributed by atoms with van der Waals surface area (Å²) in [5, 5.41) is 18.3. The molecular formula is C22H24N6O3S. The zero-order chi connectivity index (χ0) is 22.5. The van der Waals surface area contributed by atoms with Crippen LogP contribution in [0, 0.1) is 11.3 Å². The summed E-state index contributed by atoms with van der Waals surface area (Å²) in [6, 6.07) is 9.29. The van der Waals surface area contributed by atoms with Crippen LogP contribution in [-0.2, 0) is 22.1 Å². The smallest absolute Gasteiger partial charge is 0.261 e. The Balaban J connectivity index is 1.60. The molecule has 0 saturated heterocycles. The van der Waals surface area contributed by atoms with E-state index in [1.807, 2.05) is 6.92 Å². The van der Waals surface area contributed by atoms with E-state index in [-0.39, 0.29) is 5.56 Å². The summed E-state index contributed by atoms with van der Waals surface area (Å²) in [6.45, 7) is 2.53. The fourth-order valence-corrected chi connectivity index (χ4v) is 6.49. The number of rotatable bonds is 4. The van der Waals surface area contributed by atoms with Crippen molar-refractivity contribution in [1.29, 1.82) is 5.26 Å². The molecule has 1 saturated carbocycles. The molecule has 0 amide bonds. The highest BCUT2D eigenvalue weighted by Gasteiger charge is 2.37. The standard InChI is InChI=1S/C22H24N6O3S/c1-2-27-13-15-12-16(6-7-18(15)32(27,30)31)25-20-19-17(8-11-24-21(19)29)28(26-20)22(14-23)9-4-3-5-10-22/h6-8,11-12H,2-5,9-10,13H2,1H3,(H,24,29)(H,25,26). The average Bonchev–Trinajstić information content (AvgIpc) is 3.29. The van der Waals surface area contributed by atoms with E-state index in [1.54, 1.807) is 35.1 Å². The lowest BCUT2D eigenvalue weighted by atomic mass is 9.83. The highest BCUT2D eigenvalue weighted by Crippen LogP contribution is 2.38. The maximum Gasteiger partial charge on any atom is 0.261 e. The van der Waals surface area contributed by atoms with E-state index in [9.17, 15) is 18.5 Å². The Bertz CT molecular complexity index is 1410. The average molecular weight is 453 g/mol. The molecule has 166 valence electrons. The molecule has 2 aromatic heterocycles. The van der Waals surface area contributed by atoms with Crippen LogP contribution >= 0.6 is 0 Å². The third kappa shape index (κ3) is 3.04. The first kappa shape index (κ1) is 20.7. The van der Waals surface area contributed by atoms with Gasteiger partial charge in [-0.15, -0.1) is 0 Å². The van der Waals surface area contributed by atoms with Crippen LogP contribution < -0.4 is 10.9 Å². The zero-order valence-electron chi connectivity index (χ0n) is 17.8. The number of aromatic amines is 1. The molecule has 0 spiro atoms. The maximum atomic E-state index is 12.7. The van der Waals surface area contributed by atoms with Gasteiger partial charge >= 0.3 is 0 Å². The predicted octanol–water partition coefficient (Wildman–Crippen LogP) is 3.18. The number of nitriles is 1. The van der Waals surface area contributed by atoms with Crippen molar-refractivity contribution < 1.29 is 8.42 Å². The molecule has 32 heavy (non-hydrogen) atoms. The van der Waals surface area contributed by atoms with Gasteiger partial charge in [-0.1, -0.05) is 13.3 Å². The van der Waals surface area contributed by atoms with Gasteiger partial charge in [0.1, 0.15) is 10.9 Å². The van der Waals surface area contributed by atoms with Gasteiger partial charge in [-0.2, -0.15) is 14.7 Å². The Morgan fingerprint density at radius 2 is 2.03 bits per heavy atom. The number of pyridine rings is 1. The third-order valence-electron chi connectivity index (χ3n) is 6.54. The van der Waals surface area contributed by atoms with Crippen LogP contribution in [0.4, 0.5) is 11.5 Å². The van der Waals surface area contributed by atoms with Gasteiger partial charge in [-0.3, -0.25) is 4.79 Å². The van der Waals surface area contributed by atoms with Crippen molar-refractivity contribution in [3.05, 3.63) is 46.4 Å². The Morgan fingerprint density at radius 3 is 2.75 bits per heavy atom. The third-order valence-corrected chi connectivity index (χ3v) is 8.56. The van der Waals surface area contributed by atoms with Gasteiger partial charge in [0.2, 0.25) is 10.0 Å². The first-order chi connectivity index (χ1) is 15.4. The van der Waals surface area contributed by atoms with Crippen molar-refractivity contribution in [3.8, 4) is 6.07 Å². The summed E-state index contributed by atoms with van der Waals surface area (Å²) in [6.07, 6.45) is 5.91. The van der Waals surface area contributed by atoms with Crippen molar-refractivity contribution in [3.63, 3.8) is 0 Å². The van der Waals surface area contributed by atoms with Gasteiger partial charge in [0, 0.05) is 25.0 Å². The van der Waals surface area contributed by atoms with Crippen LogP contribution in [0.3, 0.4) is 0 Å². The van der Waals surface area contributed by atoms with Crippen molar-refractivity contribution in [2.45, 2.75) is 56.0 Å². The molecule has 0 unspecified atom stereocenters. The summed E-state index contributed by atoms with van der Waals surface area (Å²) >= 11 is 0. The topological polar surface area (TPSA) is 124 Å². The lowest BCUT2D eigenvalue weighted by molar-refractivity contribution is 0.252. The molecule has 0 atom stereocenters. The number of sulfonamides is 1. The predicted molar refractivity (Wildman–Crippen MR) is 120 cm³/mol. The van der Waals surface area contributed by atoms with E-state index in [4.69, 9.17) is 5.10 Å². The number of hydrogen-bond acceptors (Lipinski definition) is 6. The number of fused-ring (bicyclic) bond motifs is 2. The molecule has 1 aliphatic carbocycles. The van der Waals surface area contributed by atoms with Crippen LogP contribution in [0.15, 0.2) is 40.2 Å². The van der Waals surface area contributed by atoms with Gasteiger partial charge in [0.05, 0.1) is 16.5 Å². The lowest BCUT2D eigenvalue weighted by Gasteiger charge is -2.31. The first-order valence-corrected chi connectivity index (χ1v) is 12.3. The van der Waals surface area contributed by atoms with Gasteiger partial charge in [0.25, 0.3) is 5.56 Å². The SMILES string of the molecule is CCN1Cc2cc(Nc3nn(C4(C#N)CCCCC4)c4cc[nH]c(=O)c34)ccc2S1(=O)=O. The molecule has 1 aromatic carbocycles. The fraction of sp³-hybridized carbons (Fsp3) is 0.409. The highest BCUT2D eigenvalue weighted by atomic mass is 32.2. The summed E-state index contributed by atoms with van der Waals surface area (Å²) in [7, 11) is -3.45. The van der Waals surface area contributed by atoms with E-state index in [2.05, 4.69) is 16.4 Å². The molecule has 0 bridgehead atoms. The summed E-state index contributed by atoms with van der Waals surface area (Å²) in [4.78, 5) is 15.7. The van der Waals surface area contributed by atoms with E-state index in [0.29, 0.717) is 58.8 Å². The molecular weight excluding hydrogens is 428 g/mol. The van der Waals surface area contributed by atoms with Gasteiger partial charge < -0.3 is 10.3 Å². The largest absolute Gasteiger partial charge is 0.338 e. The van der Waals surface area contributed by atoms with Crippen LogP contribution in [0.2, 0.25) is 0 Å². The second-order valence-electron chi connectivity index (χ2n) is 8.41. The number of anilines is 2. The number of H-pyrrole nitrogens is 1. The van der Waals surface area contributed by atoms with E-state index in [1.165, 1.54) is 4.31 Å². The van der Waals surface area contributed by atoms with Crippen LogP contribution in [0.25, 0.3) is 10.9 Å². The van der Waals surface area contributed by atoms with Crippen LogP contribution in [-0.4, -0.2) is 34.0 Å². The molecule has 9 nitrogen and oxygen atoms in total. The van der Waals surface area contributed by atoms with Gasteiger partial charge in [-0.25, -0.2) is 13.1 Å². The first-order valence-electron chi connectivity index (χ1n) is 10.8. The molecule has 2 aliphatic rings. The van der Waals surface area contributed by atoms with E-state index < -0.39 is 15.6 Å². The molecule has 2 N–H and O–H groups in total. The molecule has 3 heterocycles. The molecule has 1 aliphatic heterocycles. The minimum absolute atomic E-state index is 0.291. The minimum Gasteiger partial charge on any atom is -0.338 e. The number of nitrogens with one attached hydrogen (secondary N) is 2. The van der Waals surface area contributed by atoms with Crippen LogP contribution in [0.5, 0.6) is 0 Å². The fourth-order valence-electron chi connectivity index (χ4n) is 4.86. The molecule has 10 heteroatoms. The van der Waals surface area contributed by atoms with Crippen LogP contribution in [0.1, 0.15) is 44.6 Å². The van der Waals surface area contributed by atoms with Gasteiger partial charge in [-0.05, 0) is 55.5 Å². The second kappa shape index (κ2) is 7.46. The maximum absolute atomic E-state index is 12.7. The quantitative estimate of drug-likeness (QED) is 0.627. The lowest BCUT2D eigenvalue weighted by Crippen LogP contribution is -2.35. The minimum atomic E-state index is -3.45. The highest BCUT2D eigenvalue weighted by molar-refractivity contribution is 7.89. The zero-order valence-corrected chi connectivity index (χ0v) is 18.6. The summed E-state index contributed by atoms with van der Waals surface area (Å²) in [5.74, 6) is 0.357. The monoisotopic (exact) mass is 452 g/mol. The number of hydrogen-bond donors (Lipinski definition) is 2. The van der Waals surface area contributed by atoms with Crippen molar-refractivity contribution in [2.75, 3.05) is 11.9 Å². The van der Waals surface area contributed by atoms with Crippen molar-refractivity contribution >= 4 is 32.4 Å². The Morgan fingerprint density at radius 1 is 1.25 bits per heavy atom. The second-order valence-corrected chi connectivity index (χ2v) is 10.3. The molecule has 5 rings (SSSR count). The molecule has 3 aromatic rings. The van der Waals surface area contributed by atoms with Crippen molar-refractivity contribution in [1.82, 2.24) is 19.1 Å². The summed E-state index contributed by atoms with van der Waals surface area (Å²) in [5.41, 5.74) is 0.885. The Kier molecular flexibility index (Phi) is 4.83. The molecule has 1 fully saturated rings. The number of benzene rings is 1. The number of aromatic nitrogens is 3. The normalized spacial score (nSPS) is 19.5. The van der Waals surface area contributed by atoms with E-state index >= 15 is 0 Å². The number of nitrogens with zero attached hydrogens (tertiary/aromatic N) is 4. The molecule has 0 radical (unpaired) electrons. The Labute approximate surface area is 185 Å². The van der Waals surface area contributed by atoms with E-state index in [0.717, 1.165) is 19.3 Å².